The summed E-state index contributed by atoms with van der Waals surface area (Å²) in [4.78, 5) is 10.6. The first-order valence-electron chi connectivity index (χ1n) is 5.30. The fourth-order valence-electron chi connectivity index (χ4n) is 1.45. The quantitative estimate of drug-likeness (QED) is 0.886. The number of ether oxygens (including phenoxy) is 1. The molecule has 0 unspecified atom stereocenters. The first-order chi connectivity index (χ1) is 8.66. The molecule has 0 aliphatic rings. The fraction of sp³-hybridized carbons (Fsp3) is 0.154. The molecular formula is C13H11FO4. The monoisotopic (exact) mass is 250 g/mol. The molecule has 1 aromatic heterocycles. The van der Waals surface area contributed by atoms with E-state index in [1.807, 2.05) is 0 Å². The lowest BCUT2D eigenvalue weighted by molar-refractivity contribution is 0.0639. The van der Waals surface area contributed by atoms with Crippen LogP contribution in [0.5, 0.6) is 0 Å². The molecule has 4 nitrogen and oxygen atoms in total. The molecule has 0 spiro atoms. The van der Waals surface area contributed by atoms with E-state index in [1.165, 1.54) is 18.2 Å². The molecule has 0 fully saturated rings. The van der Waals surface area contributed by atoms with E-state index in [1.54, 1.807) is 18.2 Å². The van der Waals surface area contributed by atoms with Crippen molar-refractivity contribution in [3.63, 3.8) is 0 Å². The van der Waals surface area contributed by atoms with Gasteiger partial charge in [-0.05, 0) is 18.2 Å². The lowest BCUT2D eigenvalue weighted by atomic mass is 10.2. The number of carboxylic acids is 1. The summed E-state index contributed by atoms with van der Waals surface area (Å²) >= 11 is 0. The Bertz CT molecular complexity index is 547. The number of aromatic carboxylic acids is 1. The molecule has 0 saturated carbocycles. The van der Waals surface area contributed by atoms with Crippen molar-refractivity contribution in [1.29, 1.82) is 0 Å². The van der Waals surface area contributed by atoms with Crippen LogP contribution in [0.15, 0.2) is 40.8 Å². The smallest absolute Gasteiger partial charge is 0.371 e. The SMILES string of the molecule is O=C(O)c1ccc(COCc2ccccc2F)o1. The lowest BCUT2D eigenvalue weighted by Crippen LogP contribution is -1.96. The Morgan fingerprint density at radius 2 is 2.00 bits per heavy atom. The average Bonchev–Trinajstić information content (AvgIpc) is 2.80. The Kier molecular flexibility index (Phi) is 3.74. The first kappa shape index (κ1) is 12.3. The molecule has 0 aliphatic heterocycles. The number of hydrogen-bond donors (Lipinski definition) is 1. The summed E-state index contributed by atoms with van der Waals surface area (Å²) in [5, 5.41) is 8.65. The summed E-state index contributed by atoms with van der Waals surface area (Å²) < 4.78 is 23.5. The zero-order chi connectivity index (χ0) is 13.0. The number of furan rings is 1. The minimum absolute atomic E-state index is 0.0988. The molecule has 1 N–H and O–H groups in total. The highest BCUT2D eigenvalue weighted by molar-refractivity contribution is 5.84. The highest BCUT2D eigenvalue weighted by Crippen LogP contribution is 2.12. The molecule has 18 heavy (non-hydrogen) atoms. The number of rotatable bonds is 5. The molecule has 1 heterocycles. The summed E-state index contributed by atoms with van der Waals surface area (Å²) in [6, 6.07) is 9.17. The van der Waals surface area contributed by atoms with Gasteiger partial charge in [-0.1, -0.05) is 18.2 Å². The van der Waals surface area contributed by atoms with Crippen LogP contribution >= 0.6 is 0 Å². The van der Waals surface area contributed by atoms with E-state index >= 15 is 0 Å². The molecule has 0 amide bonds. The van der Waals surface area contributed by atoms with Crippen LogP contribution in [0.1, 0.15) is 21.9 Å². The molecule has 0 radical (unpaired) electrons. The maximum absolute atomic E-state index is 13.2. The maximum Gasteiger partial charge on any atom is 0.371 e. The van der Waals surface area contributed by atoms with Crippen LogP contribution in [0.3, 0.4) is 0 Å². The minimum atomic E-state index is -1.13. The van der Waals surface area contributed by atoms with Gasteiger partial charge in [0.2, 0.25) is 5.76 Å². The van der Waals surface area contributed by atoms with E-state index < -0.39 is 5.97 Å². The van der Waals surface area contributed by atoms with Gasteiger partial charge in [0.05, 0.1) is 6.61 Å². The zero-order valence-electron chi connectivity index (χ0n) is 9.43. The largest absolute Gasteiger partial charge is 0.475 e. The van der Waals surface area contributed by atoms with Gasteiger partial charge in [0, 0.05) is 5.56 Å². The Morgan fingerprint density at radius 3 is 2.67 bits per heavy atom. The molecule has 0 bridgehead atoms. The van der Waals surface area contributed by atoms with Gasteiger partial charge in [-0.25, -0.2) is 9.18 Å². The highest BCUT2D eigenvalue weighted by Gasteiger charge is 2.09. The lowest BCUT2D eigenvalue weighted by Gasteiger charge is -2.03. The number of carboxylic acid groups (broad SMARTS) is 1. The minimum Gasteiger partial charge on any atom is -0.475 e. The van der Waals surface area contributed by atoms with Crippen molar-refractivity contribution in [1.82, 2.24) is 0 Å². The number of hydrogen-bond acceptors (Lipinski definition) is 3. The predicted octanol–water partition coefficient (Wildman–Crippen LogP) is 2.83. The van der Waals surface area contributed by atoms with Crippen molar-refractivity contribution in [2.45, 2.75) is 13.2 Å². The second kappa shape index (κ2) is 5.46. The van der Waals surface area contributed by atoms with Gasteiger partial charge < -0.3 is 14.3 Å². The average molecular weight is 250 g/mol. The number of halogens is 1. The molecule has 0 atom stereocenters. The first-order valence-corrected chi connectivity index (χ1v) is 5.30. The van der Waals surface area contributed by atoms with E-state index in [9.17, 15) is 9.18 Å². The van der Waals surface area contributed by atoms with Crippen molar-refractivity contribution in [2.24, 2.45) is 0 Å². The van der Waals surface area contributed by atoms with Crippen LogP contribution in [0.4, 0.5) is 4.39 Å². The summed E-state index contributed by atoms with van der Waals surface area (Å²) in [6.07, 6.45) is 0. The Morgan fingerprint density at radius 1 is 1.22 bits per heavy atom. The molecule has 1 aromatic carbocycles. The Balaban J connectivity index is 1.88. The van der Waals surface area contributed by atoms with Gasteiger partial charge >= 0.3 is 5.97 Å². The van der Waals surface area contributed by atoms with Crippen molar-refractivity contribution in [3.8, 4) is 0 Å². The summed E-state index contributed by atoms with van der Waals surface area (Å²) in [5.74, 6) is -1.21. The molecule has 2 aromatic rings. The van der Waals surface area contributed by atoms with Crippen LogP contribution in [0.2, 0.25) is 0 Å². The number of benzene rings is 1. The topological polar surface area (TPSA) is 59.7 Å². The van der Waals surface area contributed by atoms with Crippen LogP contribution in [0.25, 0.3) is 0 Å². The molecule has 94 valence electrons. The van der Waals surface area contributed by atoms with Crippen LogP contribution in [-0.2, 0) is 18.0 Å². The van der Waals surface area contributed by atoms with Crippen LogP contribution in [-0.4, -0.2) is 11.1 Å². The van der Waals surface area contributed by atoms with E-state index in [0.717, 1.165) is 0 Å². The van der Waals surface area contributed by atoms with E-state index in [-0.39, 0.29) is 24.8 Å². The highest BCUT2D eigenvalue weighted by atomic mass is 19.1. The van der Waals surface area contributed by atoms with Crippen LogP contribution in [0, 0.1) is 5.82 Å². The van der Waals surface area contributed by atoms with E-state index in [0.29, 0.717) is 11.3 Å². The second-order valence-electron chi connectivity index (χ2n) is 3.66. The maximum atomic E-state index is 13.2. The zero-order valence-corrected chi connectivity index (χ0v) is 9.43. The van der Waals surface area contributed by atoms with Crippen molar-refractivity contribution in [2.75, 3.05) is 0 Å². The predicted molar refractivity (Wildman–Crippen MR) is 60.6 cm³/mol. The molecular weight excluding hydrogens is 239 g/mol. The molecule has 2 rings (SSSR count). The van der Waals surface area contributed by atoms with Crippen molar-refractivity contribution < 1.29 is 23.4 Å². The van der Waals surface area contributed by atoms with E-state index in [4.69, 9.17) is 14.3 Å². The third kappa shape index (κ3) is 2.95. The van der Waals surface area contributed by atoms with Gasteiger partial charge in [0.1, 0.15) is 18.2 Å². The Labute approximate surface area is 103 Å². The second-order valence-corrected chi connectivity index (χ2v) is 3.66. The van der Waals surface area contributed by atoms with Gasteiger partial charge in [-0.2, -0.15) is 0 Å². The van der Waals surface area contributed by atoms with Crippen molar-refractivity contribution in [3.05, 3.63) is 59.3 Å². The van der Waals surface area contributed by atoms with Crippen molar-refractivity contribution >= 4 is 5.97 Å². The third-order valence-electron chi connectivity index (χ3n) is 2.33. The van der Waals surface area contributed by atoms with E-state index in [2.05, 4.69) is 0 Å². The van der Waals surface area contributed by atoms with Gasteiger partial charge in [-0.15, -0.1) is 0 Å². The number of carbonyl (C=O) groups is 1. The summed E-state index contributed by atoms with van der Waals surface area (Å²) in [5.41, 5.74) is 0.447. The standard InChI is InChI=1S/C13H11FO4/c14-11-4-2-1-3-9(11)7-17-8-10-5-6-12(18-10)13(15)16/h1-6H,7-8H2,(H,15,16). The van der Waals surface area contributed by atoms with Crippen LogP contribution < -0.4 is 0 Å². The molecule has 0 aliphatic carbocycles. The third-order valence-corrected chi connectivity index (χ3v) is 2.33. The molecule has 0 saturated heterocycles. The fourth-order valence-corrected chi connectivity index (χ4v) is 1.45. The van der Waals surface area contributed by atoms with Gasteiger partial charge in [-0.3, -0.25) is 0 Å². The van der Waals surface area contributed by atoms with Gasteiger partial charge in [0.25, 0.3) is 0 Å². The summed E-state index contributed by atoms with van der Waals surface area (Å²) in [7, 11) is 0. The Hall–Kier alpha value is -2.14. The summed E-state index contributed by atoms with van der Waals surface area (Å²) in [6.45, 7) is 0.206. The normalized spacial score (nSPS) is 10.5. The van der Waals surface area contributed by atoms with Gasteiger partial charge in [0.15, 0.2) is 0 Å². The molecule has 5 heteroatoms.